The van der Waals surface area contributed by atoms with Crippen molar-refractivity contribution in [2.24, 2.45) is 0 Å². The van der Waals surface area contributed by atoms with E-state index < -0.39 is 0 Å². The SMILES string of the molecule is CC(=O)N1CCN(c2ncc(CCc3ccccc3)cn2)CC1. The topological polar surface area (TPSA) is 49.3 Å². The van der Waals surface area contributed by atoms with Gasteiger partial charge in [-0.1, -0.05) is 30.3 Å². The summed E-state index contributed by atoms with van der Waals surface area (Å²) in [6.45, 7) is 4.70. The molecule has 0 radical (unpaired) electrons. The lowest BCUT2D eigenvalue weighted by Crippen LogP contribution is -2.48. The fraction of sp³-hybridized carbons (Fsp3) is 0.389. The fourth-order valence-electron chi connectivity index (χ4n) is 2.80. The highest BCUT2D eigenvalue weighted by molar-refractivity contribution is 5.73. The number of carbonyl (C=O) groups excluding carboxylic acids is 1. The van der Waals surface area contributed by atoms with Crippen LogP contribution in [0.3, 0.4) is 0 Å². The summed E-state index contributed by atoms with van der Waals surface area (Å²) < 4.78 is 0. The molecule has 23 heavy (non-hydrogen) atoms. The highest BCUT2D eigenvalue weighted by atomic mass is 16.2. The van der Waals surface area contributed by atoms with Crippen LogP contribution in [-0.2, 0) is 17.6 Å². The van der Waals surface area contributed by atoms with E-state index in [9.17, 15) is 4.79 Å². The second kappa shape index (κ2) is 7.22. The average molecular weight is 310 g/mol. The molecule has 1 aliphatic rings. The van der Waals surface area contributed by atoms with Crippen molar-refractivity contribution in [3.8, 4) is 0 Å². The van der Waals surface area contributed by atoms with Crippen LogP contribution in [0.2, 0.25) is 0 Å². The lowest BCUT2D eigenvalue weighted by molar-refractivity contribution is -0.129. The Hall–Kier alpha value is -2.43. The summed E-state index contributed by atoms with van der Waals surface area (Å²) in [6, 6.07) is 10.5. The Morgan fingerprint density at radius 2 is 1.57 bits per heavy atom. The molecule has 1 amide bonds. The first-order valence-electron chi connectivity index (χ1n) is 8.08. The molecule has 0 bridgehead atoms. The van der Waals surface area contributed by atoms with E-state index >= 15 is 0 Å². The molecular weight excluding hydrogens is 288 g/mol. The van der Waals surface area contributed by atoms with Gasteiger partial charge in [-0.3, -0.25) is 4.79 Å². The van der Waals surface area contributed by atoms with Gasteiger partial charge in [0.15, 0.2) is 0 Å². The van der Waals surface area contributed by atoms with Gasteiger partial charge >= 0.3 is 0 Å². The van der Waals surface area contributed by atoms with Crippen LogP contribution in [0.15, 0.2) is 42.7 Å². The van der Waals surface area contributed by atoms with Gasteiger partial charge in [0.2, 0.25) is 11.9 Å². The third-order valence-corrected chi connectivity index (χ3v) is 4.24. The minimum atomic E-state index is 0.141. The van der Waals surface area contributed by atoms with Crippen LogP contribution < -0.4 is 4.90 Å². The van der Waals surface area contributed by atoms with E-state index in [1.54, 1.807) is 6.92 Å². The van der Waals surface area contributed by atoms with Gasteiger partial charge in [0.25, 0.3) is 0 Å². The van der Waals surface area contributed by atoms with E-state index in [-0.39, 0.29) is 5.91 Å². The molecule has 2 aromatic rings. The predicted octanol–water partition coefficient (Wildman–Crippen LogP) is 1.93. The number of amides is 1. The Kier molecular flexibility index (Phi) is 4.86. The molecule has 0 N–H and O–H groups in total. The number of carbonyl (C=O) groups is 1. The molecule has 1 aromatic carbocycles. The van der Waals surface area contributed by atoms with Gasteiger partial charge in [-0.25, -0.2) is 9.97 Å². The molecule has 5 heteroatoms. The Morgan fingerprint density at radius 1 is 0.957 bits per heavy atom. The maximum atomic E-state index is 11.4. The summed E-state index contributed by atoms with van der Waals surface area (Å²) in [4.78, 5) is 24.3. The van der Waals surface area contributed by atoms with E-state index in [1.165, 1.54) is 5.56 Å². The summed E-state index contributed by atoms with van der Waals surface area (Å²) in [5.74, 6) is 0.901. The number of benzene rings is 1. The molecule has 0 saturated carbocycles. The summed E-state index contributed by atoms with van der Waals surface area (Å²) >= 11 is 0. The molecule has 1 aliphatic heterocycles. The first-order chi connectivity index (χ1) is 11.2. The molecule has 2 heterocycles. The fourth-order valence-corrected chi connectivity index (χ4v) is 2.80. The standard InChI is InChI=1S/C18H22N4O/c1-15(23)21-9-11-22(12-10-21)18-19-13-17(14-20-18)8-7-16-5-3-2-4-6-16/h2-6,13-14H,7-12H2,1H3. The van der Waals surface area contributed by atoms with Crippen molar-refractivity contribution in [1.82, 2.24) is 14.9 Å². The van der Waals surface area contributed by atoms with Gasteiger partial charge in [-0.05, 0) is 24.0 Å². The Morgan fingerprint density at radius 3 is 2.17 bits per heavy atom. The third kappa shape index (κ3) is 4.06. The quantitative estimate of drug-likeness (QED) is 0.866. The van der Waals surface area contributed by atoms with Crippen molar-refractivity contribution in [2.45, 2.75) is 19.8 Å². The van der Waals surface area contributed by atoms with Gasteiger partial charge < -0.3 is 9.80 Å². The zero-order chi connectivity index (χ0) is 16.1. The van der Waals surface area contributed by atoms with Crippen molar-refractivity contribution in [2.75, 3.05) is 31.1 Å². The number of rotatable bonds is 4. The van der Waals surface area contributed by atoms with E-state index in [0.717, 1.165) is 50.5 Å². The average Bonchev–Trinajstić information content (AvgIpc) is 2.61. The van der Waals surface area contributed by atoms with Crippen molar-refractivity contribution < 1.29 is 4.79 Å². The Bertz CT molecular complexity index is 634. The highest BCUT2D eigenvalue weighted by Gasteiger charge is 2.20. The molecule has 5 nitrogen and oxygen atoms in total. The number of hydrogen-bond acceptors (Lipinski definition) is 4. The Labute approximate surface area is 137 Å². The van der Waals surface area contributed by atoms with Crippen molar-refractivity contribution >= 4 is 11.9 Å². The molecule has 3 rings (SSSR count). The maximum Gasteiger partial charge on any atom is 0.225 e. The molecule has 1 saturated heterocycles. The largest absolute Gasteiger partial charge is 0.339 e. The van der Waals surface area contributed by atoms with Gasteiger partial charge in [0.1, 0.15) is 0 Å². The number of hydrogen-bond donors (Lipinski definition) is 0. The Balaban J connectivity index is 1.54. The molecule has 0 atom stereocenters. The van der Waals surface area contributed by atoms with Crippen LogP contribution in [-0.4, -0.2) is 47.0 Å². The normalized spacial score (nSPS) is 14.8. The van der Waals surface area contributed by atoms with Crippen molar-refractivity contribution in [1.29, 1.82) is 0 Å². The second-order valence-corrected chi connectivity index (χ2v) is 5.87. The van der Waals surface area contributed by atoms with E-state index in [1.807, 2.05) is 23.4 Å². The lowest BCUT2D eigenvalue weighted by Gasteiger charge is -2.34. The lowest BCUT2D eigenvalue weighted by atomic mass is 10.1. The monoisotopic (exact) mass is 310 g/mol. The van der Waals surface area contributed by atoms with Gasteiger partial charge in [0, 0.05) is 45.5 Å². The first kappa shape index (κ1) is 15.5. The molecule has 0 spiro atoms. The van der Waals surface area contributed by atoms with E-state index in [0.29, 0.717) is 0 Å². The maximum absolute atomic E-state index is 11.4. The molecule has 0 unspecified atom stereocenters. The van der Waals surface area contributed by atoms with Crippen LogP contribution in [0.1, 0.15) is 18.1 Å². The van der Waals surface area contributed by atoms with Gasteiger partial charge in [0.05, 0.1) is 0 Å². The summed E-state index contributed by atoms with van der Waals surface area (Å²) in [6.07, 6.45) is 5.79. The number of aryl methyl sites for hydroxylation is 2. The second-order valence-electron chi connectivity index (χ2n) is 5.87. The van der Waals surface area contributed by atoms with Crippen LogP contribution in [0.5, 0.6) is 0 Å². The molecular formula is C18H22N4O. The number of nitrogens with zero attached hydrogens (tertiary/aromatic N) is 4. The van der Waals surface area contributed by atoms with Crippen molar-refractivity contribution in [3.05, 3.63) is 53.9 Å². The minimum absolute atomic E-state index is 0.141. The summed E-state index contributed by atoms with van der Waals surface area (Å²) in [5.41, 5.74) is 2.48. The van der Waals surface area contributed by atoms with Gasteiger partial charge in [-0.15, -0.1) is 0 Å². The number of piperazine rings is 1. The van der Waals surface area contributed by atoms with E-state index in [4.69, 9.17) is 0 Å². The molecule has 1 aromatic heterocycles. The van der Waals surface area contributed by atoms with Crippen molar-refractivity contribution in [3.63, 3.8) is 0 Å². The molecule has 120 valence electrons. The number of aromatic nitrogens is 2. The number of anilines is 1. The smallest absolute Gasteiger partial charge is 0.225 e. The van der Waals surface area contributed by atoms with E-state index in [2.05, 4.69) is 39.1 Å². The molecule has 1 fully saturated rings. The van der Waals surface area contributed by atoms with Crippen LogP contribution in [0.4, 0.5) is 5.95 Å². The zero-order valence-corrected chi connectivity index (χ0v) is 13.5. The first-order valence-corrected chi connectivity index (χ1v) is 8.08. The minimum Gasteiger partial charge on any atom is -0.339 e. The predicted molar refractivity (Wildman–Crippen MR) is 90.3 cm³/mol. The van der Waals surface area contributed by atoms with Crippen LogP contribution in [0.25, 0.3) is 0 Å². The highest BCUT2D eigenvalue weighted by Crippen LogP contribution is 2.12. The zero-order valence-electron chi connectivity index (χ0n) is 13.5. The molecule has 0 aliphatic carbocycles. The van der Waals surface area contributed by atoms with Crippen LogP contribution >= 0.6 is 0 Å². The summed E-state index contributed by atoms with van der Waals surface area (Å²) in [5, 5.41) is 0. The van der Waals surface area contributed by atoms with Gasteiger partial charge in [-0.2, -0.15) is 0 Å². The summed E-state index contributed by atoms with van der Waals surface area (Å²) in [7, 11) is 0. The van der Waals surface area contributed by atoms with Crippen LogP contribution in [0, 0.1) is 0 Å². The third-order valence-electron chi connectivity index (χ3n) is 4.24.